The van der Waals surface area contributed by atoms with Gasteiger partial charge in [-0.05, 0) is 13.0 Å². The van der Waals surface area contributed by atoms with Crippen molar-refractivity contribution < 1.29 is 9.59 Å². The van der Waals surface area contributed by atoms with Crippen molar-refractivity contribution in [2.45, 2.75) is 20.3 Å². The third kappa shape index (κ3) is 3.67. The van der Waals surface area contributed by atoms with Gasteiger partial charge in [0.05, 0.1) is 0 Å². The lowest BCUT2D eigenvalue weighted by Crippen LogP contribution is -2.38. The summed E-state index contributed by atoms with van der Waals surface area (Å²) in [4.78, 5) is 22.8. The summed E-state index contributed by atoms with van der Waals surface area (Å²) in [5.41, 5.74) is 5.94. The monoisotopic (exact) mass is 248 g/mol. The van der Waals surface area contributed by atoms with Gasteiger partial charge in [-0.15, -0.1) is 0 Å². The fraction of sp³-hybridized carbons (Fsp3) is 0.250. The highest BCUT2D eigenvalue weighted by atomic mass is 16.2. The fourth-order valence-corrected chi connectivity index (χ4v) is 1.30. The van der Waals surface area contributed by atoms with Crippen molar-refractivity contribution in [2.24, 2.45) is 10.9 Å². The average Bonchev–Trinajstić information content (AvgIpc) is 2.38. The third-order valence-corrected chi connectivity index (χ3v) is 2.25. The van der Waals surface area contributed by atoms with Crippen LogP contribution >= 0.6 is 0 Å². The minimum Gasteiger partial charge on any atom is -0.289 e. The van der Waals surface area contributed by atoms with Crippen LogP contribution < -0.4 is 16.7 Å². The Bertz CT molecular complexity index is 483. The van der Waals surface area contributed by atoms with E-state index in [-0.39, 0.29) is 18.0 Å². The Balaban J connectivity index is 3.06. The Labute approximate surface area is 105 Å². The molecular formula is C12H16N4O2. The van der Waals surface area contributed by atoms with Crippen LogP contribution in [0.2, 0.25) is 0 Å². The first kappa shape index (κ1) is 13.9. The summed E-state index contributed by atoms with van der Waals surface area (Å²) in [6.45, 7) is 3.59. The highest BCUT2D eigenvalue weighted by Crippen LogP contribution is 2.05. The molecular weight excluding hydrogens is 232 g/mol. The highest BCUT2D eigenvalue weighted by Gasteiger charge is 2.13. The lowest BCUT2D eigenvalue weighted by atomic mass is 10.1. The first-order chi connectivity index (χ1) is 8.58. The van der Waals surface area contributed by atoms with Crippen LogP contribution in [0.1, 0.15) is 24.5 Å². The summed E-state index contributed by atoms with van der Waals surface area (Å²) in [5.74, 6) is 4.26. The largest absolute Gasteiger partial charge is 0.289 e. The van der Waals surface area contributed by atoms with Crippen molar-refractivity contribution in [2.75, 3.05) is 0 Å². The van der Waals surface area contributed by atoms with Crippen molar-refractivity contribution >= 4 is 17.5 Å². The van der Waals surface area contributed by atoms with Gasteiger partial charge in [-0.3, -0.25) is 15.0 Å². The summed E-state index contributed by atoms with van der Waals surface area (Å²) in [7, 11) is 0. The number of rotatable bonds is 4. The molecule has 0 radical (unpaired) electrons. The molecule has 0 fully saturated rings. The van der Waals surface area contributed by atoms with E-state index in [0.29, 0.717) is 5.56 Å². The molecule has 1 rings (SSSR count). The number of amides is 2. The normalized spacial score (nSPS) is 10.9. The molecule has 4 N–H and O–H groups in total. The molecule has 0 saturated heterocycles. The standard InChI is InChI=1S/C12H16N4O2/c1-3-10(17)15-16-11(12(18)14-13)9-6-4-5-8(2)7-9/h4-7H,3,13H2,1-2H3,(H,14,18)(H,15,17). The van der Waals surface area contributed by atoms with Gasteiger partial charge >= 0.3 is 0 Å². The van der Waals surface area contributed by atoms with Gasteiger partial charge in [0.25, 0.3) is 5.91 Å². The third-order valence-electron chi connectivity index (χ3n) is 2.25. The first-order valence-electron chi connectivity index (χ1n) is 5.53. The zero-order valence-electron chi connectivity index (χ0n) is 10.4. The number of nitrogens with zero attached hydrogens (tertiary/aromatic N) is 1. The predicted octanol–water partition coefficient (Wildman–Crippen LogP) is 0.215. The number of aryl methyl sites for hydroxylation is 1. The molecule has 96 valence electrons. The summed E-state index contributed by atoms with van der Waals surface area (Å²) >= 11 is 0. The van der Waals surface area contributed by atoms with Crippen LogP contribution in [0.5, 0.6) is 0 Å². The molecule has 0 atom stereocenters. The molecule has 0 aliphatic carbocycles. The van der Waals surface area contributed by atoms with Crippen molar-refractivity contribution in [3.63, 3.8) is 0 Å². The quantitative estimate of drug-likeness (QED) is 0.307. The van der Waals surface area contributed by atoms with E-state index in [2.05, 4.69) is 10.5 Å². The Morgan fingerprint density at radius 3 is 2.67 bits per heavy atom. The van der Waals surface area contributed by atoms with Crippen LogP contribution in [0, 0.1) is 6.92 Å². The molecule has 0 aromatic heterocycles. The van der Waals surface area contributed by atoms with Gasteiger partial charge in [0.1, 0.15) is 0 Å². The molecule has 18 heavy (non-hydrogen) atoms. The number of carbonyl (C=O) groups excluding carboxylic acids is 2. The van der Waals surface area contributed by atoms with Crippen molar-refractivity contribution in [1.29, 1.82) is 0 Å². The van der Waals surface area contributed by atoms with Crippen molar-refractivity contribution in [1.82, 2.24) is 10.9 Å². The van der Waals surface area contributed by atoms with Crippen LogP contribution in [0.3, 0.4) is 0 Å². The van der Waals surface area contributed by atoms with Crippen LogP contribution in [0.25, 0.3) is 0 Å². The lowest BCUT2D eigenvalue weighted by molar-refractivity contribution is -0.120. The van der Waals surface area contributed by atoms with E-state index in [0.717, 1.165) is 5.56 Å². The predicted molar refractivity (Wildman–Crippen MR) is 68.5 cm³/mol. The van der Waals surface area contributed by atoms with Gasteiger partial charge in [0.15, 0.2) is 5.71 Å². The molecule has 0 aliphatic rings. The summed E-state index contributed by atoms with van der Waals surface area (Å²) < 4.78 is 0. The maximum Gasteiger partial charge on any atom is 0.286 e. The molecule has 0 spiro atoms. The smallest absolute Gasteiger partial charge is 0.286 e. The first-order valence-corrected chi connectivity index (χ1v) is 5.53. The molecule has 6 nitrogen and oxygen atoms in total. The molecule has 0 heterocycles. The van der Waals surface area contributed by atoms with E-state index in [1.807, 2.05) is 18.4 Å². The topological polar surface area (TPSA) is 96.6 Å². The second-order valence-corrected chi connectivity index (χ2v) is 3.69. The summed E-state index contributed by atoms with van der Waals surface area (Å²) in [5, 5.41) is 3.80. The number of benzene rings is 1. The molecule has 0 saturated carbocycles. The maximum absolute atomic E-state index is 11.6. The fourth-order valence-electron chi connectivity index (χ4n) is 1.30. The van der Waals surface area contributed by atoms with Crippen LogP contribution in [0.15, 0.2) is 29.4 Å². The molecule has 2 amide bonds. The van der Waals surface area contributed by atoms with E-state index in [1.54, 1.807) is 25.1 Å². The van der Waals surface area contributed by atoms with Crippen LogP contribution in [0.4, 0.5) is 0 Å². The van der Waals surface area contributed by atoms with Gasteiger partial charge < -0.3 is 0 Å². The van der Waals surface area contributed by atoms with Gasteiger partial charge in [-0.2, -0.15) is 5.10 Å². The lowest BCUT2D eigenvalue weighted by Gasteiger charge is -2.06. The number of hydrogen-bond acceptors (Lipinski definition) is 4. The van der Waals surface area contributed by atoms with E-state index < -0.39 is 5.91 Å². The van der Waals surface area contributed by atoms with E-state index >= 15 is 0 Å². The minimum absolute atomic E-state index is 0.0722. The maximum atomic E-state index is 11.6. The minimum atomic E-state index is -0.558. The van der Waals surface area contributed by atoms with Gasteiger partial charge in [-0.25, -0.2) is 11.3 Å². The van der Waals surface area contributed by atoms with E-state index in [4.69, 9.17) is 5.84 Å². The number of nitrogens with two attached hydrogens (primary N) is 1. The number of hydrazine groups is 1. The number of carbonyl (C=O) groups is 2. The van der Waals surface area contributed by atoms with Gasteiger partial charge in [0, 0.05) is 12.0 Å². The Hall–Kier alpha value is -2.21. The zero-order chi connectivity index (χ0) is 13.5. The van der Waals surface area contributed by atoms with Crippen LogP contribution in [-0.4, -0.2) is 17.5 Å². The zero-order valence-corrected chi connectivity index (χ0v) is 10.4. The Kier molecular flexibility index (Phi) is 5.01. The molecule has 6 heteroatoms. The second kappa shape index (κ2) is 6.51. The van der Waals surface area contributed by atoms with Crippen molar-refractivity contribution in [3.8, 4) is 0 Å². The average molecular weight is 248 g/mol. The molecule has 0 aliphatic heterocycles. The second-order valence-electron chi connectivity index (χ2n) is 3.69. The number of hydrazone groups is 1. The molecule has 1 aromatic rings. The molecule has 0 unspecified atom stereocenters. The van der Waals surface area contributed by atoms with Gasteiger partial charge in [0.2, 0.25) is 5.91 Å². The number of nitrogens with one attached hydrogen (secondary N) is 2. The molecule has 1 aromatic carbocycles. The summed E-state index contributed by atoms with van der Waals surface area (Å²) in [6, 6.07) is 7.20. The Morgan fingerprint density at radius 2 is 2.11 bits per heavy atom. The van der Waals surface area contributed by atoms with E-state index in [9.17, 15) is 9.59 Å². The highest BCUT2D eigenvalue weighted by molar-refractivity contribution is 6.45. The molecule has 0 bridgehead atoms. The van der Waals surface area contributed by atoms with E-state index in [1.165, 1.54) is 0 Å². The van der Waals surface area contributed by atoms with Crippen molar-refractivity contribution in [3.05, 3.63) is 35.4 Å². The van der Waals surface area contributed by atoms with Gasteiger partial charge in [-0.1, -0.05) is 30.7 Å². The Morgan fingerprint density at radius 1 is 1.39 bits per heavy atom. The SMILES string of the molecule is CCC(=O)NN=C(C(=O)NN)c1cccc(C)c1. The van der Waals surface area contributed by atoms with Crippen LogP contribution in [-0.2, 0) is 9.59 Å². The number of hydrogen-bond donors (Lipinski definition) is 3. The summed E-state index contributed by atoms with van der Waals surface area (Å²) in [6.07, 6.45) is 0.287.